The molecule has 1 heterocycles. The lowest BCUT2D eigenvalue weighted by Gasteiger charge is -2.44. The van der Waals surface area contributed by atoms with Crippen LogP contribution in [-0.4, -0.2) is 73.5 Å². The summed E-state index contributed by atoms with van der Waals surface area (Å²) < 4.78 is 17.2. The van der Waals surface area contributed by atoms with Crippen molar-refractivity contribution in [2.75, 3.05) is 26.3 Å². The SMILES string of the molecule is C[C@H]1C=C2C=C[C@H](C)[C@H](CC[C@@H]3C[C@@H](O)CC(=O)O3)[C@H]2[C@@H](OC(=O)C(C)(C)CCC(=O)NCCOCC(=O)NCC(C)(C)C)C1. The number of nitrogens with one attached hydrogen (secondary N) is 2. The minimum absolute atomic E-state index is 0.00747. The summed E-state index contributed by atoms with van der Waals surface area (Å²) in [6.07, 6.45) is 8.54. The number of cyclic esters (lactones) is 1. The van der Waals surface area contributed by atoms with Gasteiger partial charge in [0.05, 0.1) is 24.5 Å². The Bertz CT molecular complexity index is 1110. The molecule has 2 aliphatic carbocycles. The number of aliphatic hydroxyl groups is 1. The summed E-state index contributed by atoms with van der Waals surface area (Å²) in [5, 5.41) is 15.7. The van der Waals surface area contributed by atoms with Gasteiger partial charge >= 0.3 is 11.9 Å². The van der Waals surface area contributed by atoms with E-state index < -0.39 is 11.5 Å². The normalized spacial score (nSPS) is 28.4. The van der Waals surface area contributed by atoms with Gasteiger partial charge in [-0.2, -0.15) is 0 Å². The molecule has 7 atom stereocenters. The van der Waals surface area contributed by atoms with E-state index in [1.54, 1.807) is 0 Å². The summed E-state index contributed by atoms with van der Waals surface area (Å²) in [6, 6.07) is 0. The molecule has 0 aromatic carbocycles. The van der Waals surface area contributed by atoms with Crippen molar-refractivity contribution < 1.29 is 38.5 Å². The molecule has 10 heteroatoms. The Balaban J connectivity index is 1.49. The zero-order valence-electron chi connectivity index (χ0n) is 28.4. The van der Waals surface area contributed by atoms with E-state index in [0.717, 1.165) is 12.8 Å². The highest BCUT2D eigenvalue weighted by atomic mass is 16.6. The summed E-state index contributed by atoms with van der Waals surface area (Å²) in [5.41, 5.74) is 0.315. The maximum Gasteiger partial charge on any atom is 0.311 e. The fraction of sp³-hybridized carbons (Fsp3) is 0.771. The number of aliphatic hydroxyl groups excluding tert-OH is 1. The zero-order valence-corrected chi connectivity index (χ0v) is 28.4. The molecule has 1 aliphatic heterocycles. The van der Waals surface area contributed by atoms with Crippen LogP contribution in [0.15, 0.2) is 23.8 Å². The Morgan fingerprint density at radius 2 is 1.78 bits per heavy atom. The van der Waals surface area contributed by atoms with Crippen LogP contribution in [0.3, 0.4) is 0 Å². The Kier molecular flexibility index (Phi) is 13.2. The standard InChI is InChI=1S/C35H56N2O8/c1-22-16-24-9-8-23(2)27(11-10-26-18-25(38)19-31(41)44-26)32(24)28(17-22)45-33(42)35(6,7)13-12-29(39)36-14-15-43-20-30(40)37-21-34(3,4)5/h8-9,16,22-23,25-28,32,38H,10-15,17-21H2,1-7H3,(H,36,39)(H,37,40)/t22-,23-,25+,26+,27-,28-,32-/m0/s1. The molecule has 254 valence electrons. The summed E-state index contributed by atoms with van der Waals surface area (Å²) in [5.74, 6) is -0.307. The number of hydrogen-bond acceptors (Lipinski definition) is 8. The molecule has 0 bridgehead atoms. The van der Waals surface area contributed by atoms with Crippen molar-refractivity contribution in [1.82, 2.24) is 10.6 Å². The molecule has 1 saturated heterocycles. The molecule has 0 aromatic heterocycles. The van der Waals surface area contributed by atoms with E-state index in [0.29, 0.717) is 25.8 Å². The average Bonchev–Trinajstić information content (AvgIpc) is 2.93. The van der Waals surface area contributed by atoms with Crippen LogP contribution in [0.2, 0.25) is 0 Å². The van der Waals surface area contributed by atoms with Crippen molar-refractivity contribution in [1.29, 1.82) is 0 Å². The number of carbonyl (C=O) groups is 4. The minimum atomic E-state index is -0.860. The maximum atomic E-state index is 13.5. The molecular formula is C35H56N2O8. The molecule has 0 unspecified atom stereocenters. The third-order valence-corrected chi connectivity index (χ3v) is 9.06. The molecule has 3 rings (SSSR count). The van der Waals surface area contributed by atoms with Gasteiger partial charge < -0.3 is 30.0 Å². The molecule has 0 aromatic rings. The predicted octanol–water partition coefficient (Wildman–Crippen LogP) is 4.25. The minimum Gasteiger partial charge on any atom is -0.462 e. The summed E-state index contributed by atoms with van der Waals surface area (Å²) >= 11 is 0. The van der Waals surface area contributed by atoms with E-state index in [9.17, 15) is 24.3 Å². The molecule has 0 saturated carbocycles. The Hall–Kier alpha value is -2.72. The van der Waals surface area contributed by atoms with Gasteiger partial charge in [0.25, 0.3) is 0 Å². The second-order valence-electron chi connectivity index (χ2n) is 15.1. The van der Waals surface area contributed by atoms with Gasteiger partial charge in [-0.25, -0.2) is 0 Å². The highest BCUT2D eigenvalue weighted by Gasteiger charge is 2.43. The fourth-order valence-electron chi connectivity index (χ4n) is 6.39. The summed E-state index contributed by atoms with van der Waals surface area (Å²) in [6.45, 7) is 15.0. The summed E-state index contributed by atoms with van der Waals surface area (Å²) in [4.78, 5) is 49.8. The lowest BCUT2D eigenvalue weighted by molar-refractivity contribution is -0.166. The number of amides is 2. The molecule has 0 radical (unpaired) electrons. The lowest BCUT2D eigenvalue weighted by atomic mass is 9.65. The number of hydrogen-bond donors (Lipinski definition) is 3. The predicted molar refractivity (Wildman–Crippen MR) is 171 cm³/mol. The Morgan fingerprint density at radius 1 is 1.04 bits per heavy atom. The highest BCUT2D eigenvalue weighted by Crippen LogP contribution is 2.45. The van der Waals surface area contributed by atoms with Gasteiger partial charge in [0.2, 0.25) is 11.8 Å². The monoisotopic (exact) mass is 632 g/mol. The molecule has 0 spiro atoms. The smallest absolute Gasteiger partial charge is 0.311 e. The second-order valence-corrected chi connectivity index (χ2v) is 15.1. The topological polar surface area (TPSA) is 140 Å². The van der Waals surface area contributed by atoms with Gasteiger partial charge in [0, 0.05) is 31.8 Å². The summed E-state index contributed by atoms with van der Waals surface area (Å²) in [7, 11) is 0. The first kappa shape index (κ1) is 36.7. The molecule has 45 heavy (non-hydrogen) atoms. The quantitative estimate of drug-likeness (QED) is 0.191. The number of fused-ring (bicyclic) bond motifs is 1. The van der Waals surface area contributed by atoms with Gasteiger partial charge in [-0.05, 0) is 68.3 Å². The molecule has 3 N–H and O–H groups in total. The number of rotatable bonds is 14. The van der Waals surface area contributed by atoms with E-state index in [1.807, 2.05) is 34.6 Å². The van der Waals surface area contributed by atoms with Crippen molar-refractivity contribution in [3.8, 4) is 0 Å². The number of allylic oxidation sites excluding steroid dienone is 3. The lowest BCUT2D eigenvalue weighted by Crippen LogP contribution is -2.43. The fourth-order valence-corrected chi connectivity index (χ4v) is 6.39. The van der Waals surface area contributed by atoms with E-state index in [1.165, 1.54) is 5.57 Å². The zero-order chi connectivity index (χ0) is 33.4. The van der Waals surface area contributed by atoms with Crippen LogP contribution in [0, 0.1) is 34.5 Å². The number of carbonyl (C=O) groups excluding carboxylic acids is 4. The van der Waals surface area contributed by atoms with Crippen molar-refractivity contribution in [3.05, 3.63) is 23.8 Å². The van der Waals surface area contributed by atoms with Crippen molar-refractivity contribution in [2.45, 2.75) is 112 Å². The first-order valence-electron chi connectivity index (χ1n) is 16.6. The van der Waals surface area contributed by atoms with Crippen LogP contribution in [-0.2, 0) is 33.4 Å². The Morgan fingerprint density at radius 3 is 2.47 bits per heavy atom. The largest absolute Gasteiger partial charge is 0.462 e. The van der Waals surface area contributed by atoms with E-state index in [2.05, 4.69) is 42.7 Å². The van der Waals surface area contributed by atoms with Crippen molar-refractivity contribution in [3.63, 3.8) is 0 Å². The van der Waals surface area contributed by atoms with Gasteiger partial charge in [-0.1, -0.05) is 52.8 Å². The van der Waals surface area contributed by atoms with Crippen LogP contribution in [0.1, 0.15) is 93.4 Å². The molecule has 2 amide bonds. The molecule has 3 aliphatic rings. The van der Waals surface area contributed by atoms with E-state index in [4.69, 9.17) is 14.2 Å². The van der Waals surface area contributed by atoms with Gasteiger partial charge in [-0.3, -0.25) is 19.2 Å². The van der Waals surface area contributed by atoms with Crippen LogP contribution < -0.4 is 10.6 Å². The number of ether oxygens (including phenoxy) is 3. The van der Waals surface area contributed by atoms with Crippen molar-refractivity contribution in [2.24, 2.45) is 34.5 Å². The first-order chi connectivity index (χ1) is 21.0. The number of esters is 2. The Labute approximate surface area is 269 Å². The van der Waals surface area contributed by atoms with Crippen LogP contribution in [0.4, 0.5) is 0 Å². The van der Waals surface area contributed by atoms with E-state index >= 15 is 0 Å². The third kappa shape index (κ3) is 11.9. The van der Waals surface area contributed by atoms with Gasteiger partial charge in [0.15, 0.2) is 0 Å². The van der Waals surface area contributed by atoms with Crippen LogP contribution >= 0.6 is 0 Å². The van der Waals surface area contributed by atoms with Crippen LogP contribution in [0.5, 0.6) is 0 Å². The molecular weight excluding hydrogens is 576 g/mol. The second kappa shape index (κ2) is 16.2. The van der Waals surface area contributed by atoms with Gasteiger partial charge in [-0.15, -0.1) is 0 Å². The average molecular weight is 633 g/mol. The molecule has 1 fully saturated rings. The van der Waals surface area contributed by atoms with Crippen molar-refractivity contribution >= 4 is 23.8 Å². The van der Waals surface area contributed by atoms with Crippen LogP contribution in [0.25, 0.3) is 0 Å². The first-order valence-corrected chi connectivity index (χ1v) is 16.6. The highest BCUT2D eigenvalue weighted by molar-refractivity contribution is 5.79. The van der Waals surface area contributed by atoms with E-state index in [-0.39, 0.29) is 97.6 Å². The third-order valence-electron chi connectivity index (χ3n) is 9.06. The molecule has 10 nitrogen and oxygen atoms in total. The maximum absolute atomic E-state index is 13.5. The van der Waals surface area contributed by atoms with Gasteiger partial charge in [0.1, 0.15) is 18.8 Å².